The molecule has 2 aromatic carbocycles. The second-order valence-electron chi connectivity index (χ2n) is 6.10. The number of hydrogen-bond donors (Lipinski definition) is 0. The number of hydrogen-bond acceptors (Lipinski definition) is 6. The first kappa shape index (κ1) is 18.1. The molecule has 9 heteroatoms. The number of anilines is 1. The number of non-ortho nitro benzene ring substituents is 1. The van der Waals surface area contributed by atoms with Gasteiger partial charge in [0.15, 0.2) is 5.69 Å². The largest absolute Gasteiger partial charge is 0.618 e. The summed E-state index contributed by atoms with van der Waals surface area (Å²) in [5.74, 6) is 0. The van der Waals surface area contributed by atoms with Crippen LogP contribution in [-0.2, 0) is 0 Å². The van der Waals surface area contributed by atoms with Crippen LogP contribution in [0.4, 0.5) is 17.1 Å². The van der Waals surface area contributed by atoms with Crippen LogP contribution in [0.15, 0.2) is 48.5 Å². The van der Waals surface area contributed by atoms with Gasteiger partial charge in [-0.1, -0.05) is 0 Å². The highest BCUT2D eigenvalue weighted by molar-refractivity contribution is 5.75. The summed E-state index contributed by atoms with van der Waals surface area (Å²) in [6, 6.07) is 13.0. The Balaban J connectivity index is 1.87. The van der Waals surface area contributed by atoms with Gasteiger partial charge < -0.3 is 10.1 Å². The second-order valence-corrected chi connectivity index (χ2v) is 6.10. The molecule has 0 saturated carbocycles. The van der Waals surface area contributed by atoms with Crippen molar-refractivity contribution in [3.63, 3.8) is 0 Å². The molecule has 0 bridgehead atoms. The monoisotopic (exact) mass is 366 g/mol. The molecule has 0 atom stereocenters. The van der Waals surface area contributed by atoms with Crippen LogP contribution in [0, 0.1) is 22.2 Å². The van der Waals surface area contributed by atoms with Crippen molar-refractivity contribution in [1.29, 1.82) is 0 Å². The van der Waals surface area contributed by atoms with E-state index < -0.39 is 4.92 Å². The predicted octanol–water partition coefficient (Wildman–Crippen LogP) is 2.81. The quantitative estimate of drug-likeness (QED) is 0.226. The number of aromatic nitrogens is 3. The van der Waals surface area contributed by atoms with E-state index in [4.69, 9.17) is 0 Å². The number of nitro groups is 1. The fraction of sp³-hybridized carbons (Fsp3) is 0.167. The zero-order valence-corrected chi connectivity index (χ0v) is 15.1. The highest BCUT2D eigenvalue weighted by Crippen LogP contribution is 2.18. The highest BCUT2D eigenvalue weighted by atomic mass is 16.6. The maximum Gasteiger partial charge on any atom is 0.269 e. The van der Waals surface area contributed by atoms with E-state index in [0.717, 1.165) is 10.4 Å². The van der Waals surface area contributed by atoms with Crippen LogP contribution in [0.2, 0.25) is 0 Å². The second kappa shape index (κ2) is 7.24. The lowest BCUT2D eigenvalue weighted by Gasteiger charge is -2.12. The fourth-order valence-corrected chi connectivity index (χ4v) is 2.42. The molecule has 1 aromatic heterocycles. The molecule has 0 amide bonds. The maximum absolute atomic E-state index is 12.4. The summed E-state index contributed by atoms with van der Waals surface area (Å²) in [6.07, 6.45) is 1.36. The van der Waals surface area contributed by atoms with Crippen molar-refractivity contribution in [2.75, 3.05) is 19.0 Å². The minimum absolute atomic E-state index is 0.0127. The third-order valence-electron chi connectivity index (χ3n) is 3.97. The molecular weight excluding hydrogens is 348 g/mol. The molecular formula is C18H18N6O3. The van der Waals surface area contributed by atoms with Gasteiger partial charge >= 0.3 is 0 Å². The molecule has 138 valence electrons. The Hall–Kier alpha value is -3.75. The summed E-state index contributed by atoms with van der Waals surface area (Å²) in [5.41, 5.74) is 3.01. The summed E-state index contributed by atoms with van der Waals surface area (Å²) in [7, 11) is 3.85. The molecule has 27 heavy (non-hydrogen) atoms. The first-order valence-electron chi connectivity index (χ1n) is 8.12. The van der Waals surface area contributed by atoms with Crippen molar-refractivity contribution in [3.8, 4) is 5.69 Å². The van der Waals surface area contributed by atoms with Gasteiger partial charge in [0.05, 0.1) is 16.3 Å². The number of rotatable bonds is 5. The van der Waals surface area contributed by atoms with Crippen molar-refractivity contribution in [2.45, 2.75) is 6.92 Å². The Kier molecular flexibility index (Phi) is 4.84. The van der Waals surface area contributed by atoms with Gasteiger partial charge in [-0.15, -0.1) is 5.10 Å². The van der Waals surface area contributed by atoms with Crippen LogP contribution in [0.5, 0.6) is 0 Å². The van der Waals surface area contributed by atoms with Gasteiger partial charge in [0.1, 0.15) is 0 Å². The molecule has 3 aromatic rings. The summed E-state index contributed by atoms with van der Waals surface area (Å²) < 4.78 is 0.733. The molecule has 1 heterocycles. The van der Waals surface area contributed by atoms with Gasteiger partial charge in [-0.3, -0.25) is 10.1 Å². The number of benzene rings is 2. The molecule has 3 rings (SSSR count). The molecule has 9 nitrogen and oxygen atoms in total. The van der Waals surface area contributed by atoms with Gasteiger partial charge in [-0.25, -0.2) is 0 Å². The van der Waals surface area contributed by atoms with E-state index in [0.29, 0.717) is 22.8 Å². The van der Waals surface area contributed by atoms with E-state index in [-0.39, 0.29) is 5.69 Å². The third kappa shape index (κ3) is 3.92. The summed E-state index contributed by atoms with van der Waals surface area (Å²) >= 11 is 0. The van der Waals surface area contributed by atoms with Gasteiger partial charge in [-0.2, -0.15) is 14.6 Å². The standard InChI is InChI=1S/C18H18N6O3/c1-13-18(12-22(25)15-6-4-14(5-7-15)21(2)3)20-23(19-13)16-8-10-17(11-9-16)24(26)27/h4-12H,1-3H3/b22-12-. The normalized spacial score (nSPS) is 11.4. The summed E-state index contributed by atoms with van der Waals surface area (Å²) in [4.78, 5) is 13.6. The van der Waals surface area contributed by atoms with E-state index in [9.17, 15) is 15.3 Å². The number of nitrogens with zero attached hydrogens (tertiary/aromatic N) is 6. The Labute approximate surface area is 155 Å². The van der Waals surface area contributed by atoms with Crippen molar-refractivity contribution < 1.29 is 9.66 Å². The molecule has 0 saturated heterocycles. The van der Waals surface area contributed by atoms with Gasteiger partial charge in [0, 0.05) is 44.0 Å². The van der Waals surface area contributed by atoms with Crippen LogP contribution < -0.4 is 4.90 Å². The average Bonchev–Trinajstić information content (AvgIpc) is 3.02. The lowest BCUT2D eigenvalue weighted by atomic mass is 10.2. The van der Waals surface area contributed by atoms with Gasteiger partial charge in [0.2, 0.25) is 11.9 Å². The van der Waals surface area contributed by atoms with Gasteiger partial charge in [0.25, 0.3) is 5.69 Å². The molecule has 0 unspecified atom stereocenters. The molecule has 0 fully saturated rings. The lowest BCUT2D eigenvalue weighted by Crippen LogP contribution is -2.08. The van der Waals surface area contributed by atoms with Gasteiger partial charge in [-0.05, 0) is 31.2 Å². The van der Waals surface area contributed by atoms with Crippen LogP contribution in [-0.4, -0.2) is 45.0 Å². The minimum Gasteiger partial charge on any atom is -0.618 e. The van der Waals surface area contributed by atoms with E-state index in [1.165, 1.54) is 23.1 Å². The van der Waals surface area contributed by atoms with Crippen molar-refractivity contribution in [1.82, 2.24) is 15.0 Å². The lowest BCUT2D eigenvalue weighted by molar-refractivity contribution is -0.384. The fourth-order valence-electron chi connectivity index (χ4n) is 2.42. The third-order valence-corrected chi connectivity index (χ3v) is 3.97. The van der Waals surface area contributed by atoms with Crippen molar-refractivity contribution >= 4 is 23.3 Å². The first-order valence-corrected chi connectivity index (χ1v) is 8.12. The predicted molar refractivity (Wildman–Crippen MR) is 102 cm³/mol. The van der Waals surface area contributed by atoms with Crippen molar-refractivity contribution in [3.05, 3.63) is 75.2 Å². The van der Waals surface area contributed by atoms with Crippen LogP contribution in [0.1, 0.15) is 11.4 Å². The zero-order valence-electron chi connectivity index (χ0n) is 15.1. The SMILES string of the molecule is Cc1nn(-c2ccc([N+](=O)[O-])cc2)nc1/C=[N+](\[O-])c1ccc(N(C)C)cc1. The molecule has 0 aliphatic carbocycles. The van der Waals surface area contributed by atoms with E-state index in [2.05, 4.69) is 10.2 Å². The summed E-state index contributed by atoms with van der Waals surface area (Å²) in [5, 5.41) is 31.7. The van der Waals surface area contributed by atoms with E-state index in [1.54, 1.807) is 31.2 Å². The number of nitro benzene ring substituents is 1. The smallest absolute Gasteiger partial charge is 0.269 e. The molecule has 0 N–H and O–H groups in total. The van der Waals surface area contributed by atoms with Crippen LogP contribution in [0.3, 0.4) is 0 Å². The van der Waals surface area contributed by atoms with Crippen LogP contribution >= 0.6 is 0 Å². The first-order chi connectivity index (χ1) is 12.8. The zero-order chi connectivity index (χ0) is 19.6. The minimum atomic E-state index is -0.471. The topological polar surface area (TPSA) is 103 Å². The summed E-state index contributed by atoms with van der Waals surface area (Å²) in [6.45, 7) is 1.74. The average molecular weight is 366 g/mol. The Morgan fingerprint density at radius 2 is 1.56 bits per heavy atom. The van der Waals surface area contributed by atoms with Crippen molar-refractivity contribution in [2.24, 2.45) is 0 Å². The Morgan fingerprint density at radius 3 is 2.11 bits per heavy atom. The molecule has 0 spiro atoms. The maximum atomic E-state index is 12.4. The van der Waals surface area contributed by atoms with Crippen LogP contribution in [0.25, 0.3) is 5.69 Å². The van der Waals surface area contributed by atoms with E-state index in [1.807, 2.05) is 31.1 Å². The Bertz CT molecular complexity index is 991. The Morgan fingerprint density at radius 1 is 0.963 bits per heavy atom. The molecule has 0 aliphatic rings. The molecule has 0 aliphatic heterocycles. The van der Waals surface area contributed by atoms with E-state index >= 15 is 0 Å². The highest BCUT2D eigenvalue weighted by Gasteiger charge is 2.12. The molecule has 0 radical (unpaired) electrons. The number of aryl methyl sites for hydroxylation is 1.